The molecule has 1 aliphatic heterocycles. The van der Waals surface area contributed by atoms with Crippen LogP contribution in [-0.4, -0.2) is 36.4 Å². The minimum Gasteiger partial charge on any atom is -0.478 e. The van der Waals surface area contributed by atoms with Crippen LogP contribution in [0.15, 0.2) is 18.2 Å². The summed E-state index contributed by atoms with van der Waals surface area (Å²) in [6, 6.07) is 4.47. The summed E-state index contributed by atoms with van der Waals surface area (Å²) in [5, 5.41) is 14.5. The molecule has 0 saturated carbocycles. The van der Waals surface area contributed by atoms with Gasteiger partial charge in [0.05, 0.1) is 11.7 Å². The van der Waals surface area contributed by atoms with Gasteiger partial charge in [-0.05, 0) is 43.9 Å². The molecule has 0 aromatic heterocycles. The number of aromatic carboxylic acids is 1. The molecule has 0 bridgehead atoms. The molecule has 2 rings (SSSR count). The average molecular weight is 292 g/mol. The van der Waals surface area contributed by atoms with E-state index in [0.29, 0.717) is 17.8 Å². The fraction of sp³-hybridized carbons (Fsp3) is 0.467. The Morgan fingerprint density at radius 3 is 2.90 bits per heavy atom. The van der Waals surface area contributed by atoms with Gasteiger partial charge in [0.25, 0.3) is 0 Å². The number of benzene rings is 1. The highest BCUT2D eigenvalue weighted by Crippen LogP contribution is 2.19. The van der Waals surface area contributed by atoms with Crippen LogP contribution in [0.25, 0.3) is 0 Å². The van der Waals surface area contributed by atoms with Gasteiger partial charge in [0.1, 0.15) is 0 Å². The highest BCUT2D eigenvalue weighted by Gasteiger charge is 2.15. The lowest BCUT2D eigenvalue weighted by Crippen LogP contribution is -2.31. The van der Waals surface area contributed by atoms with E-state index in [1.807, 2.05) is 0 Å². The molecule has 3 N–H and O–H groups in total. The minimum atomic E-state index is -1.00. The molecule has 1 unspecified atom stereocenters. The summed E-state index contributed by atoms with van der Waals surface area (Å²) in [6.45, 7) is 3.01. The van der Waals surface area contributed by atoms with E-state index in [1.165, 1.54) is 6.07 Å². The van der Waals surface area contributed by atoms with E-state index in [9.17, 15) is 9.59 Å². The maximum atomic E-state index is 11.8. The molecule has 114 valence electrons. The zero-order valence-electron chi connectivity index (χ0n) is 12.0. The monoisotopic (exact) mass is 292 g/mol. The molecule has 1 aromatic carbocycles. The summed E-state index contributed by atoms with van der Waals surface area (Å²) in [6.07, 6.45) is 3.16. The Labute approximate surface area is 123 Å². The van der Waals surface area contributed by atoms with Crippen LogP contribution in [0.4, 0.5) is 10.5 Å². The average Bonchev–Trinajstić information content (AvgIpc) is 2.94. The van der Waals surface area contributed by atoms with Crippen LogP contribution < -0.4 is 10.6 Å². The SMILES string of the molecule is Cc1c(NC(=O)NCCC2CCCO2)cccc1C(=O)O. The number of urea groups is 1. The zero-order chi connectivity index (χ0) is 15.2. The maximum absolute atomic E-state index is 11.8. The number of carbonyl (C=O) groups excluding carboxylic acids is 1. The number of ether oxygens (including phenoxy) is 1. The Balaban J connectivity index is 1.84. The number of carboxylic acids is 1. The van der Waals surface area contributed by atoms with Crippen molar-refractivity contribution >= 4 is 17.7 Å². The lowest BCUT2D eigenvalue weighted by Gasteiger charge is -2.13. The van der Waals surface area contributed by atoms with E-state index in [2.05, 4.69) is 10.6 Å². The molecule has 21 heavy (non-hydrogen) atoms. The number of hydrogen-bond acceptors (Lipinski definition) is 3. The summed E-state index contributed by atoms with van der Waals surface area (Å²) in [5.41, 5.74) is 1.23. The number of nitrogens with one attached hydrogen (secondary N) is 2. The first kappa shape index (κ1) is 15.3. The smallest absolute Gasteiger partial charge is 0.336 e. The van der Waals surface area contributed by atoms with E-state index in [-0.39, 0.29) is 17.7 Å². The molecule has 1 heterocycles. The standard InChI is InChI=1S/C15H20N2O4/c1-10-12(14(18)19)5-2-6-13(10)17-15(20)16-8-7-11-4-3-9-21-11/h2,5-6,11H,3-4,7-9H2,1H3,(H,18,19)(H2,16,17,20). The summed E-state index contributed by atoms with van der Waals surface area (Å²) in [7, 11) is 0. The highest BCUT2D eigenvalue weighted by molar-refractivity contribution is 5.95. The van der Waals surface area contributed by atoms with Gasteiger partial charge < -0.3 is 20.5 Å². The van der Waals surface area contributed by atoms with Crippen LogP contribution in [0.1, 0.15) is 35.2 Å². The molecule has 6 heteroatoms. The van der Waals surface area contributed by atoms with Gasteiger partial charge in [-0.15, -0.1) is 0 Å². The number of anilines is 1. The van der Waals surface area contributed by atoms with Crippen molar-refractivity contribution in [1.29, 1.82) is 0 Å². The Morgan fingerprint density at radius 2 is 2.24 bits per heavy atom. The van der Waals surface area contributed by atoms with Gasteiger partial charge in [0.15, 0.2) is 0 Å². The van der Waals surface area contributed by atoms with Crippen LogP contribution >= 0.6 is 0 Å². The Kier molecular flexibility index (Phi) is 5.16. The number of carboxylic acid groups (broad SMARTS) is 1. The Bertz CT molecular complexity index is 524. The summed E-state index contributed by atoms with van der Waals surface area (Å²) < 4.78 is 5.48. The van der Waals surface area contributed by atoms with E-state index < -0.39 is 5.97 Å². The van der Waals surface area contributed by atoms with Crippen LogP contribution in [0.3, 0.4) is 0 Å². The molecule has 1 aliphatic rings. The second-order valence-electron chi connectivity index (χ2n) is 5.09. The molecular weight excluding hydrogens is 272 g/mol. The second-order valence-corrected chi connectivity index (χ2v) is 5.09. The minimum absolute atomic E-state index is 0.187. The third-order valence-corrected chi connectivity index (χ3v) is 3.59. The first-order valence-electron chi connectivity index (χ1n) is 7.07. The molecule has 1 aromatic rings. The third-order valence-electron chi connectivity index (χ3n) is 3.59. The predicted octanol–water partition coefficient (Wildman–Crippen LogP) is 2.38. The second kappa shape index (κ2) is 7.08. The lowest BCUT2D eigenvalue weighted by molar-refractivity contribution is 0.0696. The van der Waals surface area contributed by atoms with Gasteiger partial charge >= 0.3 is 12.0 Å². The number of rotatable bonds is 5. The number of hydrogen-bond donors (Lipinski definition) is 3. The van der Waals surface area contributed by atoms with Gasteiger partial charge in [-0.1, -0.05) is 6.07 Å². The van der Waals surface area contributed by atoms with Gasteiger partial charge in [0, 0.05) is 18.8 Å². The number of amides is 2. The largest absolute Gasteiger partial charge is 0.478 e. The first-order chi connectivity index (χ1) is 10.1. The van der Waals surface area contributed by atoms with Crippen molar-refractivity contribution in [2.24, 2.45) is 0 Å². The molecule has 2 amide bonds. The van der Waals surface area contributed by atoms with Crippen molar-refractivity contribution in [3.05, 3.63) is 29.3 Å². The first-order valence-corrected chi connectivity index (χ1v) is 7.07. The van der Waals surface area contributed by atoms with Gasteiger partial charge in [0.2, 0.25) is 0 Å². The normalized spacial score (nSPS) is 17.5. The van der Waals surface area contributed by atoms with Gasteiger partial charge in [-0.2, -0.15) is 0 Å². The van der Waals surface area contributed by atoms with E-state index >= 15 is 0 Å². The van der Waals surface area contributed by atoms with Crippen molar-refractivity contribution in [1.82, 2.24) is 5.32 Å². The molecule has 0 spiro atoms. The molecule has 1 atom stereocenters. The third kappa shape index (κ3) is 4.19. The van der Waals surface area contributed by atoms with Crippen LogP contribution in [0.5, 0.6) is 0 Å². The van der Waals surface area contributed by atoms with Crippen LogP contribution in [-0.2, 0) is 4.74 Å². The quantitative estimate of drug-likeness (QED) is 0.777. The van der Waals surface area contributed by atoms with Crippen LogP contribution in [0, 0.1) is 6.92 Å². The Morgan fingerprint density at radius 1 is 1.43 bits per heavy atom. The summed E-state index contributed by atoms with van der Waals surface area (Å²) in [5.74, 6) is -1.00. The van der Waals surface area contributed by atoms with Crippen molar-refractivity contribution in [3.63, 3.8) is 0 Å². The summed E-state index contributed by atoms with van der Waals surface area (Å²) in [4.78, 5) is 22.8. The van der Waals surface area contributed by atoms with E-state index in [4.69, 9.17) is 9.84 Å². The fourth-order valence-electron chi connectivity index (χ4n) is 2.39. The van der Waals surface area contributed by atoms with Crippen molar-refractivity contribution < 1.29 is 19.4 Å². The van der Waals surface area contributed by atoms with Crippen molar-refractivity contribution in [2.45, 2.75) is 32.3 Å². The fourth-order valence-corrected chi connectivity index (χ4v) is 2.39. The maximum Gasteiger partial charge on any atom is 0.336 e. The molecule has 6 nitrogen and oxygen atoms in total. The van der Waals surface area contributed by atoms with Crippen molar-refractivity contribution in [2.75, 3.05) is 18.5 Å². The molecule has 1 fully saturated rings. The molecule has 1 saturated heterocycles. The molecule has 0 radical (unpaired) electrons. The lowest BCUT2D eigenvalue weighted by atomic mass is 10.1. The highest BCUT2D eigenvalue weighted by atomic mass is 16.5. The topological polar surface area (TPSA) is 87.7 Å². The molecule has 0 aliphatic carbocycles. The van der Waals surface area contributed by atoms with Crippen molar-refractivity contribution in [3.8, 4) is 0 Å². The van der Waals surface area contributed by atoms with Gasteiger partial charge in [-0.25, -0.2) is 9.59 Å². The number of carbonyl (C=O) groups is 2. The van der Waals surface area contributed by atoms with Gasteiger partial charge in [-0.3, -0.25) is 0 Å². The van der Waals surface area contributed by atoms with E-state index in [0.717, 1.165) is 25.9 Å². The predicted molar refractivity (Wildman–Crippen MR) is 78.8 cm³/mol. The van der Waals surface area contributed by atoms with E-state index in [1.54, 1.807) is 19.1 Å². The summed E-state index contributed by atoms with van der Waals surface area (Å²) >= 11 is 0. The zero-order valence-corrected chi connectivity index (χ0v) is 12.0. The molecular formula is C15H20N2O4. The van der Waals surface area contributed by atoms with Crippen LogP contribution in [0.2, 0.25) is 0 Å². The Hall–Kier alpha value is -2.08.